The summed E-state index contributed by atoms with van der Waals surface area (Å²) >= 11 is 5.23. The van der Waals surface area contributed by atoms with Crippen molar-refractivity contribution in [3.63, 3.8) is 0 Å². The molecule has 90 valence electrons. The molecular weight excluding hydrogens is 296 g/mol. The van der Waals surface area contributed by atoms with Crippen LogP contribution < -0.4 is 5.32 Å². The molecule has 0 atom stereocenters. The topological polar surface area (TPSA) is 24.9 Å². The molecule has 4 heteroatoms. The molecule has 17 heavy (non-hydrogen) atoms. The van der Waals surface area contributed by atoms with Crippen LogP contribution in [0.5, 0.6) is 0 Å². The maximum atomic E-state index is 4.43. The van der Waals surface area contributed by atoms with E-state index >= 15 is 0 Å². The van der Waals surface area contributed by atoms with Crippen molar-refractivity contribution in [3.05, 3.63) is 43.8 Å². The molecule has 0 radical (unpaired) electrons. The minimum Gasteiger partial charge on any atom is -0.380 e. The minimum atomic E-state index is 0.847. The molecule has 0 aliphatic carbocycles. The van der Waals surface area contributed by atoms with Crippen LogP contribution in [0.2, 0.25) is 0 Å². The molecule has 0 amide bonds. The van der Waals surface area contributed by atoms with E-state index in [1.54, 1.807) is 11.3 Å². The molecule has 2 aromatic rings. The standard InChI is InChI=1S/C13H15BrN2S/c1-8-6-11(14)4-5-12(8)15-7-13-9(2)16-10(3)17-13/h4-6,15H,7H2,1-3H3. The molecule has 2 rings (SSSR count). The fraction of sp³-hybridized carbons (Fsp3) is 0.308. The molecule has 0 aliphatic rings. The highest BCUT2D eigenvalue weighted by Crippen LogP contribution is 2.23. The normalized spacial score (nSPS) is 10.6. The third-order valence-corrected chi connectivity index (χ3v) is 4.19. The summed E-state index contributed by atoms with van der Waals surface area (Å²) in [5.74, 6) is 0. The van der Waals surface area contributed by atoms with Gasteiger partial charge in [-0.3, -0.25) is 0 Å². The average molecular weight is 311 g/mol. The van der Waals surface area contributed by atoms with Gasteiger partial charge in [0.15, 0.2) is 0 Å². The lowest BCUT2D eigenvalue weighted by Crippen LogP contribution is -2.00. The summed E-state index contributed by atoms with van der Waals surface area (Å²) in [5.41, 5.74) is 3.56. The molecule has 0 saturated carbocycles. The number of thiazole rings is 1. The van der Waals surface area contributed by atoms with Crippen LogP contribution in [-0.2, 0) is 6.54 Å². The van der Waals surface area contributed by atoms with E-state index in [0.29, 0.717) is 0 Å². The van der Waals surface area contributed by atoms with E-state index in [2.05, 4.69) is 58.3 Å². The molecule has 0 fully saturated rings. The zero-order chi connectivity index (χ0) is 12.4. The van der Waals surface area contributed by atoms with E-state index in [-0.39, 0.29) is 0 Å². The lowest BCUT2D eigenvalue weighted by molar-refractivity contribution is 1.10. The number of halogens is 1. The van der Waals surface area contributed by atoms with Crippen LogP contribution in [0.25, 0.3) is 0 Å². The Morgan fingerprint density at radius 1 is 1.29 bits per heavy atom. The number of nitrogens with one attached hydrogen (secondary N) is 1. The van der Waals surface area contributed by atoms with E-state index < -0.39 is 0 Å². The SMILES string of the molecule is Cc1nc(C)c(CNc2ccc(Br)cc2C)s1. The fourth-order valence-corrected chi connectivity index (χ4v) is 3.09. The smallest absolute Gasteiger partial charge is 0.0900 e. The van der Waals surface area contributed by atoms with Crippen molar-refractivity contribution >= 4 is 33.0 Å². The predicted octanol–water partition coefficient (Wildman–Crippen LogP) is 4.44. The Hall–Kier alpha value is -0.870. The van der Waals surface area contributed by atoms with Crippen LogP contribution in [-0.4, -0.2) is 4.98 Å². The first-order chi connectivity index (χ1) is 8.06. The van der Waals surface area contributed by atoms with Crippen LogP contribution in [0.1, 0.15) is 21.1 Å². The van der Waals surface area contributed by atoms with E-state index in [9.17, 15) is 0 Å². The van der Waals surface area contributed by atoms with Crippen LogP contribution in [0.4, 0.5) is 5.69 Å². The van der Waals surface area contributed by atoms with E-state index in [1.807, 2.05) is 6.92 Å². The van der Waals surface area contributed by atoms with Crippen molar-refractivity contribution < 1.29 is 0 Å². The van der Waals surface area contributed by atoms with Gasteiger partial charge in [0, 0.05) is 15.0 Å². The third-order valence-electron chi connectivity index (χ3n) is 2.63. The van der Waals surface area contributed by atoms with Gasteiger partial charge in [-0.25, -0.2) is 4.98 Å². The summed E-state index contributed by atoms with van der Waals surface area (Å²) < 4.78 is 1.12. The van der Waals surface area contributed by atoms with Crippen molar-refractivity contribution in [1.29, 1.82) is 0 Å². The molecule has 1 aromatic carbocycles. The highest BCUT2D eigenvalue weighted by molar-refractivity contribution is 9.10. The monoisotopic (exact) mass is 310 g/mol. The Bertz CT molecular complexity index is 534. The maximum Gasteiger partial charge on any atom is 0.0900 e. The number of nitrogens with zero attached hydrogens (tertiary/aromatic N) is 1. The van der Waals surface area contributed by atoms with Crippen molar-refractivity contribution in [3.8, 4) is 0 Å². The molecular formula is C13H15BrN2S. The Kier molecular flexibility index (Phi) is 3.84. The van der Waals surface area contributed by atoms with Gasteiger partial charge < -0.3 is 5.32 Å². The summed E-state index contributed by atoms with van der Waals surface area (Å²) in [6.45, 7) is 7.07. The number of benzene rings is 1. The van der Waals surface area contributed by atoms with Crippen molar-refractivity contribution in [2.45, 2.75) is 27.3 Å². The Labute approximate surface area is 114 Å². The predicted molar refractivity (Wildman–Crippen MR) is 77.8 cm³/mol. The fourth-order valence-electron chi connectivity index (χ4n) is 1.74. The molecule has 0 saturated heterocycles. The largest absolute Gasteiger partial charge is 0.380 e. The van der Waals surface area contributed by atoms with E-state index in [1.165, 1.54) is 16.1 Å². The maximum absolute atomic E-state index is 4.43. The van der Waals surface area contributed by atoms with Crippen LogP contribution >= 0.6 is 27.3 Å². The van der Waals surface area contributed by atoms with Gasteiger partial charge in [0.25, 0.3) is 0 Å². The molecule has 2 nitrogen and oxygen atoms in total. The van der Waals surface area contributed by atoms with Gasteiger partial charge in [0.05, 0.1) is 17.2 Å². The number of anilines is 1. The van der Waals surface area contributed by atoms with Gasteiger partial charge in [0.1, 0.15) is 0 Å². The molecule has 1 heterocycles. The lowest BCUT2D eigenvalue weighted by Gasteiger charge is -2.09. The first kappa shape index (κ1) is 12.6. The number of aryl methyl sites for hydroxylation is 3. The average Bonchev–Trinajstić information content (AvgIpc) is 2.56. The number of hydrogen-bond donors (Lipinski definition) is 1. The van der Waals surface area contributed by atoms with Gasteiger partial charge in [-0.05, 0) is 44.5 Å². The Morgan fingerprint density at radius 2 is 2.06 bits per heavy atom. The van der Waals surface area contributed by atoms with Crippen LogP contribution in [0, 0.1) is 20.8 Å². The summed E-state index contributed by atoms with van der Waals surface area (Å²) in [4.78, 5) is 5.74. The second-order valence-corrected chi connectivity index (χ2v) is 6.26. The second kappa shape index (κ2) is 5.19. The Morgan fingerprint density at radius 3 is 2.65 bits per heavy atom. The Balaban J connectivity index is 2.10. The van der Waals surface area contributed by atoms with Gasteiger partial charge >= 0.3 is 0 Å². The quantitative estimate of drug-likeness (QED) is 0.906. The molecule has 0 aliphatic heterocycles. The van der Waals surface area contributed by atoms with Gasteiger partial charge in [-0.2, -0.15) is 0 Å². The van der Waals surface area contributed by atoms with Gasteiger partial charge in [0.2, 0.25) is 0 Å². The summed E-state index contributed by atoms with van der Waals surface area (Å²) in [6, 6.07) is 6.27. The highest BCUT2D eigenvalue weighted by Gasteiger charge is 2.05. The number of aromatic nitrogens is 1. The first-order valence-corrected chi connectivity index (χ1v) is 7.10. The number of rotatable bonds is 3. The highest BCUT2D eigenvalue weighted by atomic mass is 79.9. The van der Waals surface area contributed by atoms with Gasteiger partial charge in [-0.1, -0.05) is 15.9 Å². The molecule has 0 bridgehead atoms. The minimum absolute atomic E-state index is 0.847. The lowest BCUT2D eigenvalue weighted by atomic mass is 10.2. The molecule has 1 N–H and O–H groups in total. The van der Waals surface area contributed by atoms with E-state index in [0.717, 1.165) is 21.7 Å². The summed E-state index contributed by atoms with van der Waals surface area (Å²) in [5, 5.41) is 4.59. The van der Waals surface area contributed by atoms with Crippen LogP contribution in [0.15, 0.2) is 22.7 Å². The third kappa shape index (κ3) is 3.07. The zero-order valence-corrected chi connectivity index (χ0v) is 12.6. The summed E-state index contributed by atoms with van der Waals surface area (Å²) in [7, 11) is 0. The second-order valence-electron chi connectivity index (χ2n) is 4.05. The first-order valence-electron chi connectivity index (χ1n) is 5.49. The molecule has 0 unspecified atom stereocenters. The molecule has 1 aromatic heterocycles. The van der Waals surface area contributed by atoms with Crippen LogP contribution in [0.3, 0.4) is 0 Å². The van der Waals surface area contributed by atoms with Crippen molar-refractivity contribution in [2.24, 2.45) is 0 Å². The van der Waals surface area contributed by atoms with Crippen molar-refractivity contribution in [1.82, 2.24) is 4.98 Å². The zero-order valence-electron chi connectivity index (χ0n) is 10.2. The van der Waals surface area contributed by atoms with Crippen molar-refractivity contribution in [2.75, 3.05) is 5.32 Å². The molecule has 0 spiro atoms. The van der Waals surface area contributed by atoms with Gasteiger partial charge in [-0.15, -0.1) is 11.3 Å². The van der Waals surface area contributed by atoms with E-state index in [4.69, 9.17) is 0 Å². The number of hydrogen-bond acceptors (Lipinski definition) is 3. The summed E-state index contributed by atoms with van der Waals surface area (Å²) in [6.07, 6.45) is 0.